The van der Waals surface area contributed by atoms with Crippen LogP contribution in [0.2, 0.25) is 0 Å². The van der Waals surface area contributed by atoms with Crippen LogP contribution < -0.4 is 5.32 Å². The van der Waals surface area contributed by atoms with E-state index in [0.29, 0.717) is 11.9 Å². The van der Waals surface area contributed by atoms with Crippen molar-refractivity contribution >= 4 is 5.91 Å². The minimum Gasteiger partial charge on any atom is -0.340 e. The van der Waals surface area contributed by atoms with Crippen LogP contribution in [0.4, 0.5) is 0 Å². The van der Waals surface area contributed by atoms with Gasteiger partial charge in [-0.25, -0.2) is 0 Å². The molecule has 2 rings (SSSR count). The number of piperazine rings is 1. The van der Waals surface area contributed by atoms with Crippen LogP contribution in [-0.2, 0) is 4.79 Å². The lowest BCUT2D eigenvalue weighted by Gasteiger charge is -2.32. The maximum Gasteiger partial charge on any atom is 0.222 e. The van der Waals surface area contributed by atoms with Gasteiger partial charge < -0.3 is 10.2 Å². The van der Waals surface area contributed by atoms with E-state index < -0.39 is 0 Å². The summed E-state index contributed by atoms with van der Waals surface area (Å²) < 4.78 is 0. The van der Waals surface area contributed by atoms with Crippen molar-refractivity contribution in [3.05, 3.63) is 0 Å². The van der Waals surface area contributed by atoms with E-state index >= 15 is 0 Å². The molecule has 0 radical (unpaired) electrons. The zero-order chi connectivity index (χ0) is 9.26. The van der Waals surface area contributed by atoms with Gasteiger partial charge in [0, 0.05) is 32.1 Å². The van der Waals surface area contributed by atoms with Gasteiger partial charge in [0.25, 0.3) is 0 Å². The zero-order valence-corrected chi connectivity index (χ0v) is 8.25. The van der Waals surface area contributed by atoms with Crippen molar-refractivity contribution in [2.45, 2.75) is 32.2 Å². The van der Waals surface area contributed by atoms with Gasteiger partial charge in [-0.15, -0.1) is 0 Å². The van der Waals surface area contributed by atoms with Gasteiger partial charge in [0.2, 0.25) is 5.91 Å². The third-order valence-electron chi connectivity index (χ3n) is 2.88. The first-order valence-electron chi connectivity index (χ1n) is 5.27. The molecule has 1 aliphatic carbocycles. The summed E-state index contributed by atoms with van der Waals surface area (Å²) in [7, 11) is 0. The van der Waals surface area contributed by atoms with Gasteiger partial charge in [-0.3, -0.25) is 4.79 Å². The number of rotatable bonds is 2. The van der Waals surface area contributed by atoms with Crippen LogP contribution in [0, 0.1) is 5.92 Å². The average molecular weight is 182 g/mol. The zero-order valence-electron chi connectivity index (χ0n) is 8.25. The number of nitrogens with one attached hydrogen (secondary N) is 1. The van der Waals surface area contributed by atoms with Crippen molar-refractivity contribution in [2.24, 2.45) is 5.92 Å². The molecule has 2 aliphatic rings. The van der Waals surface area contributed by atoms with E-state index in [-0.39, 0.29) is 0 Å². The molecule has 0 aromatic heterocycles. The number of carbonyl (C=O) groups excluding carboxylic acids is 1. The van der Waals surface area contributed by atoms with Gasteiger partial charge in [-0.1, -0.05) is 0 Å². The molecule has 0 spiro atoms. The fraction of sp³-hybridized carbons (Fsp3) is 0.900. The minimum absolute atomic E-state index is 0.371. The molecule has 1 amide bonds. The van der Waals surface area contributed by atoms with E-state index in [1.165, 1.54) is 12.8 Å². The van der Waals surface area contributed by atoms with Crippen molar-refractivity contribution in [3.63, 3.8) is 0 Å². The Hall–Kier alpha value is -0.570. The predicted octanol–water partition coefficient (Wildman–Crippen LogP) is 0.607. The van der Waals surface area contributed by atoms with Gasteiger partial charge in [-0.2, -0.15) is 0 Å². The summed E-state index contributed by atoms with van der Waals surface area (Å²) in [4.78, 5) is 13.7. The first-order valence-corrected chi connectivity index (χ1v) is 5.27. The highest BCUT2D eigenvalue weighted by molar-refractivity contribution is 5.76. The Kier molecular flexibility index (Phi) is 2.54. The van der Waals surface area contributed by atoms with Crippen molar-refractivity contribution in [3.8, 4) is 0 Å². The Bertz CT molecular complexity index is 201. The third-order valence-corrected chi connectivity index (χ3v) is 2.88. The Balaban J connectivity index is 1.80. The molecule has 0 aromatic rings. The Morgan fingerprint density at radius 2 is 2.31 bits per heavy atom. The lowest BCUT2D eigenvalue weighted by atomic mass is 10.2. The summed E-state index contributed by atoms with van der Waals surface area (Å²) >= 11 is 0. The average Bonchev–Trinajstić information content (AvgIpc) is 2.88. The lowest BCUT2D eigenvalue weighted by Crippen LogP contribution is -2.51. The van der Waals surface area contributed by atoms with E-state index in [0.717, 1.165) is 32.0 Å². The largest absolute Gasteiger partial charge is 0.340 e. The topological polar surface area (TPSA) is 32.3 Å². The molecular formula is C10H18N2O. The molecular weight excluding hydrogens is 164 g/mol. The number of hydrogen-bond donors (Lipinski definition) is 1. The SMILES string of the molecule is CC1CN(C(=O)CC2CC2)CCN1. The minimum atomic E-state index is 0.371. The molecule has 13 heavy (non-hydrogen) atoms. The molecule has 1 heterocycles. The molecule has 3 nitrogen and oxygen atoms in total. The molecule has 1 unspecified atom stereocenters. The molecule has 1 saturated carbocycles. The number of hydrogen-bond acceptors (Lipinski definition) is 2. The summed E-state index contributed by atoms with van der Waals surface area (Å²) in [5, 5.41) is 3.34. The highest BCUT2D eigenvalue weighted by Gasteiger charge is 2.28. The van der Waals surface area contributed by atoms with E-state index in [2.05, 4.69) is 12.2 Å². The van der Waals surface area contributed by atoms with Crippen LogP contribution in [-0.4, -0.2) is 36.5 Å². The van der Waals surface area contributed by atoms with E-state index in [9.17, 15) is 4.79 Å². The van der Waals surface area contributed by atoms with Crippen molar-refractivity contribution < 1.29 is 4.79 Å². The fourth-order valence-corrected chi connectivity index (χ4v) is 1.86. The van der Waals surface area contributed by atoms with E-state index in [1.54, 1.807) is 0 Å². The van der Waals surface area contributed by atoms with Crippen LogP contribution in [0.5, 0.6) is 0 Å². The molecule has 1 atom stereocenters. The maximum atomic E-state index is 11.7. The van der Waals surface area contributed by atoms with Crippen LogP contribution in [0.15, 0.2) is 0 Å². The van der Waals surface area contributed by atoms with Gasteiger partial charge in [0.05, 0.1) is 0 Å². The van der Waals surface area contributed by atoms with Crippen LogP contribution in [0.25, 0.3) is 0 Å². The van der Waals surface area contributed by atoms with E-state index in [1.807, 2.05) is 4.90 Å². The number of carbonyl (C=O) groups is 1. The Morgan fingerprint density at radius 3 is 2.92 bits per heavy atom. The summed E-state index contributed by atoms with van der Waals surface area (Å²) in [6.45, 7) is 4.88. The first-order chi connectivity index (χ1) is 6.25. The summed E-state index contributed by atoms with van der Waals surface area (Å²) in [5.41, 5.74) is 0. The van der Waals surface area contributed by atoms with Crippen molar-refractivity contribution in [1.82, 2.24) is 10.2 Å². The summed E-state index contributed by atoms with van der Waals surface area (Å²) in [5.74, 6) is 1.09. The molecule has 0 bridgehead atoms. The number of amides is 1. The number of nitrogens with zero attached hydrogens (tertiary/aromatic N) is 1. The van der Waals surface area contributed by atoms with Gasteiger partial charge >= 0.3 is 0 Å². The van der Waals surface area contributed by atoms with Gasteiger partial charge in [0.15, 0.2) is 0 Å². The van der Waals surface area contributed by atoms with Gasteiger partial charge in [-0.05, 0) is 25.7 Å². The van der Waals surface area contributed by atoms with Crippen molar-refractivity contribution in [1.29, 1.82) is 0 Å². The molecule has 1 N–H and O–H groups in total. The monoisotopic (exact) mass is 182 g/mol. The molecule has 74 valence electrons. The van der Waals surface area contributed by atoms with Crippen LogP contribution in [0.3, 0.4) is 0 Å². The highest BCUT2D eigenvalue weighted by atomic mass is 16.2. The second-order valence-electron chi connectivity index (χ2n) is 4.34. The predicted molar refractivity (Wildman–Crippen MR) is 51.4 cm³/mol. The first kappa shape index (κ1) is 9.00. The van der Waals surface area contributed by atoms with Crippen LogP contribution >= 0.6 is 0 Å². The Labute approximate surface area is 79.5 Å². The third kappa shape index (κ3) is 2.44. The molecule has 2 fully saturated rings. The van der Waals surface area contributed by atoms with Crippen molar-refractivity contribution in [2.75, 3.05) is 19.6 Å². The second kappa shape index (κ2) is 3.66. The lowest BCUT2D eigenvalue weighted by molar-refractivity contribution is -0.132. The molecule has 1 aliphatic heterocycles. The quantitative estimate of drug-likeness (QED) is 0.678. The highest BCUT2D eigenvalue weighted by Crippen LogP contribution is 2.32. The van der Waals surface area contributed by atoms with Gasteiger partial charge in [0.1, 0.15) is 0 Å². The summed E-state index contributed by atoms with van der Waals surface area (Å²) in [6, 6.07) is 0.469. The Morgan fingerprint density at radius 1 is 1.54 bits per heavy atom. The standard InChI is InChI=1S/C10H18N2O/c1-8-7-12(5-4-11-8)10(13)6-9-2-3-9/h8-9,11H,2-7H2,1H3. The molecule has 0 aromatic carbocycles. The molecule has 1 saturated heterocycles. The molecule has 3 heteroatoms. The smallest absolute Gasteiger partial charge is 0.222 e. The normalized spacial score (nSPS) is 29.0. The van der Waals surface area contributed by atoms with E-state index in [4.69, 9.17) is 0 Å². The fourth-order valence-electron chi connectivity index (χ4n) is 1.86. The maximum absolute atomic E-state index is 11.7. The van der Waals surface area contributed by atoms with Crippen LogP contribution in [0.1, 0.15) is 26.2 Å². The second-order valence-corrected chi connectivity index (χ2v) is 4.34. The summed E-state index contributed by atoms with van der Waals surface area (Å²) in [6.07, 6.45) is 3.34.